The predicted molar refractivity (Wildman–Crippen MR) is 80.8 cm³/mol. The maximum atomic E-state index is 12.0. The normalized spacial score (nSPS) is 12.4. The Kier molecular flexibility index (Phi) is 5.08. The van der Waals surface area contributed by atoms with Crippen LogP contribution in [0, 0.1) is 0 Å². The van der Waals surface area contributed by atoms with Crippen molar-refractivity contribution in [2.45, 2.75) is 12.6 Å². The summed E-state index contributed by atoms with van der Waals surface area (Å²) in [5.41, 5.74) is 1.14. The Morgan fingerprint density at radius 3 is 2.76 bits per heavy atom. The lowest BCUT2D eigenvalue weighted by Gasteiger charge is -2.10. The summed E-state index contributed by atoms with van der Waals surface area (Å²) in [6, 6.07) is 8.83. The molecule has 6 nitrogen and oxygen atoms in total. The lowest BCUT2D eigenvalue weighted by Crippen LogP contribution is -2.20. The highest BCUT2D eigenvalue weighted by Crippen LogP contribution is 2.15. The van der Waals surface area contributed by atoms with Crippen molar-refractivity contribution >= 4 is 11.6 Å². The topological polar surface area (TPSA) is 70.4 Å². The first-order valence-electron chi connectivity index (χ1n) is 6.77. The van der Waals surface area contributed by atoms with Crippen LogP contribution in [0.5, 0.6) is 0 Å². The van der Waals surface area contributed by atoms with Crippen molar-refractivity contribution in [2.24, 2.45) is 0 Å². The molecule has 2 aromatic rings. The van der Waals surface area contributed by atoms with Gasteiger partial charge in [0.15, 0.2) is 6.10 Å². The van der Waals surface area contributed by atoms with Crippen LogP contribution in [0.4, 0.5) is 5.69 Å². The summed E-state index contributed by atoms with van der Waals surface area (Å²) in [5, 5.41) is 16.8. The van der Waals surface area contributed by atoms with E-state index < -0.39 is 12.0 Å². The van der Waals surface area contributed by atoms with Crippen molar-refractivity contribution < 1.29 is 9.90 Å². The second-order valence-corrected chi connectivity index (χ2v) is 5.10. The maximum Gasteiger partial charge on any atom is 0.257 e. The number of anilines is 1. The van der Waals surface area contributed by atoms with Crippen molar-refractivity contribution in [1.82, 2.24) is 14.7 Å². The van der Waals surface area contributed by atoms with Crippen LogP contribution in [0.15, 0.2) is 42.7 Å². The Hall–Kier alpha value is -2.18. The molecule has 1 aromatic carbocycles. The highest BCUT2D eigenvalue weighted by molar-refractivity contribution is 5.94. The molecule has 0 aliphatic carbocycles. The average Bonchev–Trinajstić information content (AvgIpc) is 2.92. The van der Waals surface area contributed by atoms with Crippen LogP contribution in [0.1, 0.15) is 11.7 Å². The first kappa shape index (κ1) is 15.2. The van der Waals surface area contributed by atoms with E-state index in [0.717, 1.165) is 13.1 Å². The molecule has 0 fully saturated rings. The highest BCUT2D eigenvalue weighted by atomic mass is 16.3. The molecule has 1 aromatic heterocycles. The third kappa shape index (κ3) is 4.40. The second-order valence-electron chi connectivity index (χ2n) is 5.10. The Labute approximate surface area is 124 Å². The predicted octanol–water partition coefficient (Wildman–Crippen LogP) is 1.12. The zero-order valence-corrected chi connectivity index (χ0v) is 12.2. The molecular weight excluding hydrogens is 268 g/mol. The highest BCUT2D eigenvalue weighted by Gasteiger charge is 2.17. The summed E-state index contributed by atoms with van der Waals surface area (Å²) in [4.78, 5) is 14.0. The number of benzene rings is 1. The summed E-state index contributed by atoms with van der Waals surface area (Å²) in [6.45, 7) is 1.60. The molecule has 1 atom stereocenters. The molecule has 0 bridgehead atoms. The molecule has 0 aliphatic heterocycles. The van der Waals surface area contributed by atoms with Crippen LogP contribution in [0.3, 0.4) is 0 Å². The smallest absolute Gasteiger partial charge is 0.257 e. The van der Waals surface area contributed by atoms with Gasteiger partial charge in [0, 0.05) is 12.7 Å². The first-order valence-corrected chi connectivity index (χ1v) is 6.77. The minimum Gasteiger partial charge on any atom is -0.378 e. The quantitative estimate of drug-likeness (QED) is 0.835. The van der Waals surface area contributed by atoms with E-state index in [2.05, 4.69) is 15.3 Å². The molecule has 0 saturated carbocycles. The van der Waals surface area contributed by atoms with Gasteiger partial charge in [-0.05, 0) is 19.7 Å². The van der Waals surface area contributed by atoms with Crippen molar-refractivity contribution in [2.75, 3.05) is 26.0 Å². The van der Waals surface area contributed by atoms with Gasteiger partial charge in [0.1, 0.15) is 0 Å². The van der Waals surface area contributed by atoms with E-state index in [1.54, 1.807) is 41.3 Å². The van der Waals surface area contributed by atoms with Crippen molar-refractivity contribution in [1.29, 1.82) is 0 Å². The summed E-state index contributed by atoms with van der Waals surface area (Å²) >= 11 is 0. The first-order chi connectivity index (χ1) is 10.1. The Morgan fingerprint density at radius 2 is 2.10 bits per heavy atom. The van der Waals surface area contributed by atoms with E-state index in [1.165, 1.54) is 0 Å². The summed E-state index contributed by atoms with van der Waals surface area (Å²) < 4.78 is 1.75. The van der Waals surface area contributed by atoms with E-state index in [4.69, 9.17) is 0 Å². The number of nitrogens with zero attached hydrogens (tertiary/aromatic N) is 3. The zero-order valence-electron chi connectivity index (χ0n) is 12.2. The number of carbonyl (C=O) groups excluding carboxylic acids is 1. The molecule has 2 N–H and O–H groups in total. The fraction of sp³-hybridized carbons (Fsp3) is 0.333. The zero-order chi connectivity index (χ0) is 15.2. The molecule has 2 rings (SSSR count). The number of carbonyl (C=O) groups is 1. The SMILES string of the molecule is CN(C)CCn1cc(NC(=O)C(O)c2ccccc2)cn1. The minimum atomic E-state index is -1.18. The van der Waals surface area contributed by atoms with Crippen LogP contribution in [-0.4, -0.2) is 46.3 Å². The van der Waals surface area contributed by atoms with E-state index in [1.807, 2.05) is 20.2 Å². The van der Waals surface area contributed by atoms with Gasteiger partial charge in [-0.3, -0.25) is 9.48 Å². The Balaban J connectivity index is 1.93. The third-order valence-electron chi connectivity index (χ3n) is 3.04. The van der Waals surface area contributed by atoms with Gasteiger partial charge >= 0.3 is 0 Å². The Bertz CT molecular complexity index is 580. The number of likely N-dealkylation sites (N-methyl/N-ethyl adjacent to an activating group) is 1. The molecule has 1 amide bonds. The minimum absolute atomic E-state index is 0.464. The van der Waals surface area contributed by atoms with Gasteiger partial charge in [-0.2, -0.15) is 5.10 Å². The largest absolute Gasteiger partial charge is 0.378 e. The van der Waals surface area contributed by atoms with Gasteiger partial charge < -0.3 is 15.3 Å². The molecule has 21 heavy (non-hydrogen) atoms. The van der Waals surface area contributed by atoms with Crippen LogP contribution in [-0.2, 0) is 11.3 Å². The van der Waals surface area contributed by atoms with E-state index in [9.17, 15) is 9.90 Å². The molecule has 1 heterocycles. The number of amides is 1. The molecule has 0 saturated heterocycles. The standard InChI is InChI=1S/C15H20N4O2/c1-18(2)8-9-19-11-13(10-16-19)17-15(21)14(20)12-6-4-3-5-7-12/h3-7,10-11,14,20H,8-9H2,1-2H3,(H,17,21). The fourth-order valence-electron chi connectivity index (χ4n) is 1.85. The number of nitrogens with one attached hydrogen (secondary N) is 1. The van der Waals surface area contributed by atoms with Crippen molar-refractivity contribution in [3.05, 3.63) is 48.3 Å². The van der Waals surface area contributed by atoms with Gasteiger partial charge in [0.2, 0.25) is 0 Å². The summed E-state index contributed by atoms with van der Waals surface area (Å²) in [6.07, 6.45) is 2.14. The Morgan fingerprint density at radius 1 is 1.38 bits per heavy atom. The number of hydrogen-bond acceptors (Lipinski definition) is 4. The van der Waals surface area contributed by atoms with Gasteiger partial charge in [0.25, 0.3) is 5.91 Å². The van der Waals surface area contributed by atoms with E-state index >= 15 is 0 Å². The molecule has 0 aliphatic rings. The van der Waals surface area contributed by atoms with Crippen LogP contribution < -0.4 is 5.32 Å². The maximum absolute atomic E-state index is 12.0. The fourth-order valence-corrected chi connectivity index (χ4v) is 1.85. The summed E-state index contributed by atoms with van der Waals surface area (Å²) in [5.74, 6) is -0.464. The van der Waals surface area contributed by atoms with Crippen LogP contribution in [0.2, 0.25) is 0 Å². The van der Waals surface area contributed by atoms with Gasteiger partial charge in [-0.25, -0.2) is 0 Å². The van der Waals surface area contributed by atoms with E-state index in [0.29, 0.717) is 11.3 Å². The summed E-state index contributed by atoms with van der Waals surface area (Å²) in [7, 11) is 3.98. The average molecular weight is 288 g/mol. The molecule has 112 valence electrons. The second kappa shape index (κ2) is 7.01. The van der Waals surface area contributed by atoms with Crippen molar-refractivity contribution in [3.8, 4) is 0 Å². The lowest BCUT2D eigenvalue weighted by atomic mass is 10.1. The number of rotatable bonds is 6. The van der Waals surface area contributed by atoms with Gasteiger partial charge in [-0.15, -0.1) is 0 Å². The lowest BCUT2D eigenvalue weighted by molar-refractivity contribution is -0.124. The molecule has 6 heteroatoms. The van der Waals surface area contributed by atoms with Crippen LogP contribution in [0.25, 0.3) is 0 Å². The van der Waals surface area contributed by atoms with Gasteiger partial charge in [-0.1, -0.05) is 30.3 Å². The third-order valence-corrected chi connectivity index (χ3v) is 3.04. The number of aromatic nitrogens is 2. The molecule has 0 spiro atoms. The number of hydrogen-bond donors (Lipinski definition) is 2. The molecular formula is C15H20N4O2. The molecule has 1 unspecified atom stereocenters. The van der Waals surface area contributed by atoms with Crippen molar-refractivity contribution in [3.63, 3.8) is 0 Å². The van der Waals surface area contributed by atoms with Crippen LogP contribution >= 0.6 is 0 Å². The van der Waals surface area contributed by atoms with E-state index in [-0.39, 0.29) is 0 Å². The number of aliphatic hydroxyl groups excluding tert-OH is 1. The number of aliphatic hydroxyl groups is 1. The monoisotopic (exact) mass is 288 g/mol. The van der Waals surface area contributed by atoms with Gasteiger partial charge in [0.05, 0.1) is 18.4 Å². The molecule has 0 radical (unpaired) electrons.